The van der Waals surface area contributed by atoms with Gasteiger partial charge in [-0.3, -0.25) is 4.79 Å². The number of rotatable bonds is 4. The van der Waals surface area contributed by atoms with Crippen molar-refractivity contribution in [2.24, 2.45) is 16.8 Å². The van der Waals surface area contributed by atoms with Gasteiger partial charge in [0, 0.05) is 18.7 Å². The molecule has 1 atom stereocenters. The van der Waals surface area contributed by atoms with E-state index in [0.717, 1.165) is 31.5 Å². The number of hydrogen-bond acceptors (Lipinski definition) is 3. The Balaban J connectivity index is 1.96. The molecule has 1 amide bonds. The van der Waals surface area contributed by atoms with Gasteiger partial charge in [-0.15, -0.1) is 0 Å². The third-order valence-corrected chi connectivity index (χ3v) is 4.16. The van der Waals surface area contributed by atoms with Crippen LogP contribution in [0.2, 0.25) is 0 Å². The molecule has 5 heteroatoms. The number of carbonyl (C=O) groups excluding carboxylic acids is 1. The lowest BCUT2D eigenvalue weighted by Crippen LogP contribution is -2.40. The zero-order valence-electron chi connectivity index (χ0n) is 12.5. The van der Waals surface area contributed by atoms with Gasteiger partial charge in [0.15, 0.2) is 5.84 Å². The van der Waals surface area contributed by atoms with E-state index in [1.165, 1.54) is 6.42 Å². The first-order chi connectivity index (χ1) is 10.1. The van der Waals surface area contributed by atoms with Gasteiger partial charge < -0.3 is 15.8 Å². The van der Waals surface area contributed by atoms with Gasteiger partial charge in [-0.25, -0.2) is 0 Å². The van der Waals surface area contributed by atoms with E-state index in [9.17, 15) is 4.79 Å². The second-order valence-electron chi connectivity index (χ2n) is 5.62. The molecule has 0 aliphatic carbocycles. The smallest absolute Gasteiger partial charge is 0.226 e. The van der Waals surface area contributed by atoms with Gasteiger partial charge in [-0.1, -0.05) is 42.8 Å². The topological polar surface area (TPSA) is 78.9 Å². The average Bonchev–Trinajstić information content (AvgIpc) is 2.54. The van der Waals surface area contributed by atoms with E-state index in [2.05, 4.69) is 12.1 Å². The highest BCUT2D eigenvalue weighted by molar-refractivity contribution is 5.97. The molecule has 0 bridgehead atoms. The monoisotopic (exact) mass is 289 g/mol. The van der Waals surface area contributed by atoms with Crippen molar-refractivity contribution in [1.29, 1.82) is 0 Å². The molecular formula is C16H23N3O2. The number of hydrogen-bond donors (Lipinski definition) is 2. The van der Waals surface area contributed by atoms with Crippen molar-refractivity contribution >= 4 is 11.7 Å². The Bertz CT molecular complexity index is 511. The van der Waals surface area contributed by atoms with Crippen molar-refractivity contribution < 1.29 is 10.0 Å². The fraction of sp³-hybridized carbons (Fsp3) is 0.500. The maximum Gasteiger partial charge on any atom is 0.226 e. The zero-order valence-corrected chi connectivity index (χ0v) is 12.5. The van der Waals surface area contributed by atoms with Crippen LogP contribution in [0.15, 0.2) is 29.4 Å². The van der Waals surface area contributed by atoms with E-state index in [1.54, 1.807) is 12.1 Å². The number of piperidine rings is 1. The molecular weight excluding hydrogens is 266 g/mol. The van der Waals surface area contributed by atoms with E-state index in [0.29, 0.717) is 17.9 Å². The molecule has 1 fully saturated rings. The fourth-order valence-corrected chi connectivity index (χ4v) is 2.76. The Hall–Kier alpha value is -2.04. The lowest BCUT2D eigenvalue weighted by atomic mass is 9.95. The average molecular weight is 289 g/mol. The van der Waals surface area contributed by atoms with Crippen LogP contribution in [0.3, 0.4) is 0 Å². The minimum Gasteiger partial charge on any atom is -0.409 e. The van der Waals surface area contributed by atoms with E-state index < -0.39 is 0 Å². The van der Waals surface area contributed by atoms with Crippen molar-refractivity contribution in [3.8, 4) is 0 Å². The van der Waals surface area contributed by atoms with E-state index in [1.807, 2.05) is 17.0 Å². The van der Waals surface area contributed by atoms with Crippen LogP contribution in [0, 0.1) is 5.92 Å². The SMILES string of the molecule is CCC1CCCN(C(=O)Cc2ccc(C(N)=NO)cc2)C1. The molecule has 0 saturated carbocycles. The van der Waals surface area contributed by atoms with E-state index >= 15 is 0 Å². The van der Waals surface area contributed by atoms with Crippen molar-refractivity contribution in [2.45, 2.75) is 32.6 Å². The fourth-order valence-electron chi connectivity index (χ4n) is 2.76. The highest BCUT2D eigenvalue weighted by Gasteiger charge is 2.22. The second kappa shape index (κ2) is 7.11. The third-order valence-electron chi connectivity index (χ3n) is 4.16. The summed E-state index contributed by atoms with van der Waals surface area (Å²) in [6.07, 6.45) is 3.88. The Morgan fingerprint density at radius 1 is 1.43 bits per heavy atom. The molecule has 114 valence electrons. The number of amides is 1. The molecule has 1 unspecified atom stereocenters. The lowest BCUT2D eigenvalue weighted by Gasteiger charge is -2.32. The third kappa shape index (κ3) is 3.97. The number of oxime groups is 1. The molecule has 1 aromatic carbocycles. The maximum absolute atomic E-state index is 12.3. The number of likely N-dealkylation sites (tertiary alicyclic amines) is 1. The van der Waals surface area contributed by atoms with Crippen molar-refractivity contribution in [2.75, 3.05) is 13.1 Å². The molecule has 1 aliphatic rings. The van der Waals surface area contributed by atoms with Gasteiger partial charge in [-0.2, -0.15) is 0 Å². The molecule has 1 aliphatic heterocycles. The highest BCUT2D eigenvalue weighted by atomic mass is 16.4. The molecule has 1 aromatic rings. The summed E-state index contributed by atoms with van der Waals surface area (Å²) in [5.41, 5.74) is 7.12. The van der Waals surface area contributed by atoms with Gasteiger partial charge in [0.2, 0.25) is 5.91 Å². The zero-order chi connectivity index (χ0) is 15.2. The van der Waals surface area contributed by atoms with Crippen LogP contribution >= 0.6 is 0 Å². The second-order valence-corrected chi connectivity index (χ2v) is 5.62. The van der Waals surface area contributed by atoms with Gasteiger partial charge in [0.25, 0.3) is 0 Å². The molecule has 5 nitrogen and oxygen atoms in total. The molecule has 0 spiro atoms. The number of benzene rings is 1. The first-order valence-corrected chi connectivity index (χ1v) is 7.48. The van der Waals surface area contributed by atoms with Gasteiger partial charge >= 0.3 is 0 Å². The molecule has 3 N–H and O–H groups in total. The number of nitrogens with zero attached hydrogens (tertiary/aromatic N) is 2. The summed E-state index contributed by atoms with van der Waals surface area (Å²) in [5, 5.41) is 11.6. The summed E-state index contributed by atoms with van der Waals surface area (Å²) in [4.78, 5) is 14.3. The summed E-state index contributed by atoms with van der Waals surface area (Å²) in [7, 11) is 0. The Morgan fingerprint density at radius 3 is 2.76 bits per heavy atom. The number of carbonyl (C=O) groups is 1. The van der Waals surface area contributed by atoms with Gasteiger partial charge in [-0.05, 0) is 24.3 Å². The largest absolute Gasteiger partial charge is 0.409 e. The minimum absolute atomic E-state index is 0.0784. The quantitative estimate of drug-likeness (QED) is 0.385. The summed E-state index contributed by atoms with van der Waals surface area (Å²) in [6.45, 7) is 3.94. The Morgan fingerprint density at radius 2 is 2.14 bits per heavy atom. The first-order valence-electron chi connectivity index (χ1n) is 7.48. The van der Waals surface area contributed by atoms with Crippen LogP contribution < -0.4 is 5.73 Å². The Labute approximate surface area is 125 Å². The molecule has 0 aromatic heterocycles. The minimum atomic E-state index is 0.0784. The van der Waals surface area contributed by atoms with Crippen LogP contribution in [-0.2, 0) is 11.2 Å². The van der Waals surface area contributed by atoms with Crippen LogP contribution in [0.1, 0.15) is 37.3 Å². The van der Waals surface area contributed by atoms with E-state index in [-0.39, 0.29) is 11.7 Å². The number of amidine groups is 1. The predicted octanol–water partition coefficient (Wildman–Crippen LogP) is 1.97. The van der Waals surface area contributed by atoms with Crippen molar-refractivity contribution in [3.63, 3.8) is 0 Å². The highest BCUT2D eigenvalue weighted by Crippen LogP contribution is 2.20. The summed E-state index contributed by atoms with van der Waals surface area (Å²) < 4.78 is 0. The first kappa shape index (κ1) is 15.4. The molecule has 2 rings (SSSR count). The summed E-state index contributed by atoms with van der Waals surface area (Å²) >= 11 is 0. The molecule has 1 heterocycles. The van der Waals surface area contributed by atoms with Crippen LogP contribution in [-0.4, -0.2) is 34.9 Å². The molecule has 1 saturated heterocycles. The van der Waals surface area contributed by atoms with Gasteiger partial charge in [0.1, 0.15) is 0 Å². The maximum atomic E-state index is 12.3. The summed E-state index contributed by atoms with van der Waals surface area (Å²) in [6, 6.07) is 7.24. The predicted molar refractivity (Wildman–Crippen MR) is 82.3 cm³/mol. The number of nitrogens with two attached hydrogens (primary N) is 1. The standard InChI is InChI=1S/C16H23N3O2/c1-2-12-4-3-9-19(11-12)15(20)10-13-5-7-14(8-6-13)16(17)18-21/h5-8,12,21H,2-4,9-11H2,1H3,(H2,17,18). The van der Waals surface area contributed by atoms with Crippen LogP contribution in [0.25, 0.3) is 0 Å². The Kier molecular flexibility index (Phi) is 5.20. The van der Waals surface area contributed by atoms with E-state index in [4.69, 9.17) is 10.9 Å². The van der Waals surface area contributed by atoms with Crippen molar-refractivity contribution in [3.05, 3.63) is 35.4 Å². The van der Waals surface area contributed by atoms with Crippen molar-refractivity contribution in [1.82, 2.24) is 4.90 Å². The normalized spacial score (nSPS) is 19.6. The van der Waals surface area contributed by atoms with Crippen LogP contribution in [0.5, 0.6) is 0 Å². The van der Waals surface area contributed by atoms with Gasteiger partial charge in [0.05, 0.1) is 6.42 Å². The molecule has 21 heavy (non-hydrogen) atoms. The lowest BCUT2D eigenvalue weighted by molar-refractivity contribution is -0.132. The van der Waals surface area contributed by atoms with Crippen LogP contribution in [0.4, 0.5) is 0 Å². The molecule has 0 radical (unpaired) electrons. The summed E-state index contributed by atoms with van der Waals surface area (Å²) in [5.74, 6) is 0.907.